The van der Waals surface area contributed by atoms with Crippen LogP contribution in [0.1, 0.15) is 32.1 Å². The summed E-state index contributed by atoms with van der Waals surface area (Å²) in [4.78, 5) is 21.5. The molecule has 0 aromatic carbocycles. The molecule has 16 heavy (non-hydrogen) atoms. The highest BCUT2D eigenvalue weighted by atomic mass is 35.5. The maximum absolute atomic E-state index is 11.1. The number of nitrogens with two attached hydrogens (primary N) is 1. The second kappa shape index (κ2) is 9.42. The molecule has 0 saturated carbocycles. The molecule has 0 unspecified atom stereocenters. The van der Waals surface area contributed by atoms with Gasteiger partial charge in [0.15, 0.2) is 0 Å². The number of amides is 1. The predicted molar refractivity (Wildman–Crippen MR) is 62.4 cm³/mol. The topological polar surface area (TPSA) is 92.4 Å². The zero-order valence-electron chi connectivity index (χ0n) is 9.25. The Morgan fingerprint density at radius 3 is 2.56 bits per heavy atom. The monoisotopic (exact) mass is 250 g/mol. The molecule has 0 aromatic heterocycles. The number of carboxylic acids is 1. The normalized spacial score (nSPS) is 12.1. The summed E-state index contributed by atoms with van der Waals surface area (Å²) in [5.41, 5.74) is 5.32. The van der Waals surface area contributed by atoms with Crippen molar-refractivity contribution >= 4 is 23.5 Å². The number of carboxylic acid groups (broad SMARTS) is 1. The Morgan fingerprint density at radius 2 is 2.00 bits per heavy atom. The minimum Gasteiger partial charge on any atom is -0.480 e. The average molecular weight is 251 g/mol. The predicted octanol–water partition coefficient (Wildman–Crippen LogP) is 0.704. The number of nitrogens with one attached hydrogen (secondary N) is 1. The molecular weight excluding hydrogens is 232 g/mol. The fourth-order valence-corrected chi connectivity index (χ4v) is 1.29. The lowest BCUT2D eigenvalue weighted by Gasteiger charge is -2.06. The zero-order valence-corrected chi connectivity index (χ0v) is 10.0. The highest BCUT2D eigenvalue weighted by Gasteiger charge is 2.09. The Bertz CT molecular complexity index is 224. The molecule has 0 aromatic rings. The first-order chi connectivity index (χ1) is 7.57. The second-order valence-corrected chi connectivity index (χ2v) is 3.96. The van der Waals surface area contributed by atoms with Gasteiger partial charge in [-0.1, -0.05) is 0 Å². The molecule has 5 nitrogen and oxygen atoms in total. The Kier molecular flexibility index (Phi) is 8.94. The largest absolute Gasteiger partial charge is 0.480 e. The number of aliphatic carboxylic acids is 1. The van der Waals surface area contributed by atoms with Crippen LogP contribution in [0, 0.1) is 0 Å². The number of alkyl halides is 1. The van der Waals surface area contributed by atoms with Gasteiger partial charge in [-0.3, -0.25) is 9.59 Å². The molecule has 0 rings (SSSR count). The van der Waals surface area contributed by atoms with Gasteiger partial charge in [-0.15, -0.1) is 11.6 Å². The van der Waals surface area contributed by atoms with Gasteiger partial charge in [0.25, 0.3) is 0 Å². The third kappa shape index (κ3) is 8.49. The third-order valence-corrected chi connectivity index (χ3v) is 2.39. The molecule has 94 valence electrons. The van der Waals surface area contributed by atoms with Crippen LogP contribution in [0.5, 0.6) is 0 Å². The second-order valence-electron chi connectivity index (χ2n) is 3.58. The maximum atomic E-state index is 11.1. The van der Waals surface area contributed by atoms with Gasteiger partial charge in [-0.2, -0.15) is 0 Å². The summed E-state index contributed by atoms with van der Waals surface area (Å²) in [6.45, 7) is 0.563. The van der Waals surface area contributed by atoms with Crippen molar-refractivity contribution in [1.82, 2.24) is 5.32 Å². The number of hydrogen-bond donors (Lipinski definition) is 3. The smallest absolute Gasteiger partial charge is 0.320 e. The molecule has 0 aliphatic rings. The molecule has 4 N–H and O–H groups in total. The third-order valence-electron chi connectivity index (χ3n) is 2.12. The number of rotatable bonds is 9. The molecule has 0 bridgehead atoms. The lowest BCUT2D eigenvalue weighted by atomic mass is 10.1. The highest BCUT2D eigenvalue weighted by Crippen LogP contribution is 1.98. The summed E-state index contributed by atoms with van der Waals surface area (Å²) in [5.74, 6) is -0.504. The van der Waals surface area contributed by atoms with Gasteiger partial charge in [-0.25, -0.2) is 0 Å². The fraction of sp³-hybridized carbons (Fsp3) is 0.800. The molecule has 1 atom stereocenters. The van der Waals surface area contributed by atoms with Crippen LogP contribution < -0.4 is 11.1 Å². The van der Waals surface area contributed by atoms with Gasteiger partial charge in [0.1, 0.15) is 6.04 Å². The summed E-state index contributed by atoms with van der Waals surface area (Å²) in [6.07, 6.45) is 3.00. The first-order valence-electron chi connectivity index (χ1n) is 5.39. The van der Waals surface area contributed by atoms with Gasteiger partial charge in [0.05, 0.1) is 0 Å². The van der Waals surface area contributed by atoms with E-state index in [1.165, 1.54) is 0 Å². The van der Waals surface area contributed by atoms with E-state index in [0.717, 1.165) is 6.42 Å². The van der Waals surface area contributed by atoms with E-state index < -0.39 is 12.0 Å². The van der Waals surface area contributed by atoms with Crippen molar-refractivity contribution in [1.29, 1.82) is 0 Å². The molecule has 0 aliphatic heterocycles. The van der Waals surface area contributed by atoms with Crippen LogP contribution >= 0.6 is 11.6 Å². The first kappa shape index (κ1) is 15.2. The van der Waals surface area contributed by atoms with Gasteiger partial charge in [-0.05, 0) is 25.7 Å². The van der Waals surface area contributed by atoms with Crippen molar-refractivity contribution in [2.45, 2.75) is 38.1 Å². The summed E-state index contributed by atoms with van der Waals surface area (Å²) in [7, 11) is 0. The van der Waals surface area contributed by atoms with E-state index in [1.807, 2.05) is 0 Å². The molecule has 0 aliphatic carbocycles. The minimum atomic E-state index is -0.980. The molecule has 0 saturated heterocycles. The Labute approximate surface area is 100 Å². The number of carbonyl (C=O) groups excluding carboxylic acids is 1. The van der Waals surface area contributed by atoms with E-state index >= 15 is 0 Å². The first-order valence-corrected chi connectivity index (χ1v) is 5.92. The summed E-state index contributed by atoms with van der Waals surface area (Å²) < 4.78 is 0. The number of unbranched alkanes of at least 4 members (excludes halogenated alkanes) is 1. The lowest BCUT2D eigenvalue weighted by molar-refractivity contribution is -0.138. The molecular formula is C10H19ClN2O3. The summed E-state index contributed by atoms with van der Waals surface area (Å²) >= 11 is 5.44. The van der Waals surface area contributed by atoms with Crippen LogP contribution in [0.3, 0.4) is 0 Å². The maximum Gasteiger partial charge on any atom is 0.320 e. The van der Waals surface area contributed by atoms with Crippen LogP contribution in [0.25, 0.3) is 0 Å². The van der Waals surface area contributed by atoms with Gasteiger partial charge in [0, 0.05) is 18.8 Å². The van der Waals surface area contributed by atoms with Crippen molar-refractivity contribution in [3.63, 3.8) is 0 Å². The molecule has 0 fully saturated rings. The average Bonchev–Trinajstić information content (AvgIpc) is 2.25. The summed E-state index contributed by atoms with van der Waals surface area (Å²) in [6, 6.07) is -0.799. The fourth-order valence-electron chi connectivity index (χ4n) is 1.16. The van der Waals surface area contributed by atoms with Crippen LogP contribution in [0.15, 0.2) is 0 Å². The Hall–Kier alpha value is -0.810. The van der Waals surface area contributed by atoms with Crippen LogP contribution in [-0.4, -0.2) is 35.4 Å². The molecule has 0 heterocycles. The molecule has 1 amide bonds. The van der Waals surface area contributed by atoms with Crippen LogP contribution in [0.2, 0.25) is 0 Å². The molecule has 0 radical (unpaired) electrons. The lowest BCUT2D eigenvalue weighted by Crippen LogP contribution is -2.30. The number of halogens is 1. The SMILES string of the molecule is N[C@@H](CCCCNC(=O)CCCCl)C(=O)O. The number of carbonyl (C=O) groups is 2. The van der Waals surface area contributed by atoms with E-state index in [1.54, 1.807) is 0 Å². The van der Waals surface area contributed by atoms with E-state index in [0.29, 0.717) is 38.1 Å². The van der Waals surface area contributed by atoms with Gasteiger partial charge < -0.3 is 16.2 Å². The minimum absolute atomic E-state index is 0.0109. The highest BCUT2D eigenvalue weighted by molar-refractivity contribution is 6.17. The van der Waals surface area contributed by atoms with Crippen molar-refractivity contribution in [3.8, 4) is 0 Å². The van der Waals surface area contributed by atoms with Crippen molar-refractivity contribution < 1.29 is 14.7 Å². The molecule has 6 heteroatoms. The summed E-state index contributed by atoms with van der Waals surface area (Å²) in [5, 5.41) is 11.3. The van der Waals surface area contributed by atoms with Gasteiger partial charge in [0.2, 0.25) is 5.91 Å². The van der Waals surface area contributed by atoms with Crippen LogP contribution in [0.4, 0.5) is 0 Å². The van der Waals surface area contributed by atoms with E-state index in [4.69, 9.17) is 22.4 Å². The van der Waals surface area contributed by atoms with E-state index in [-0.39, 0.29) is 5.91 Å². The molecule has 0 spiro atoms. The Balaban J connectivity index is 3.33. The van der Waals surface area contributed by atoms with E-state index in [2.05, 4.69) is 5.32 Å². The van der Waals surface area contributed by atoms with E-state index in [9.17, 15) is 9.59 Å². The Morgan fingerprint density at radius 1 is 1.31 bits per heavy atom. The van der Waals surface area contributed by atoms with Crippen LogP contribution in [-0.2, 0) is 9.59 Å². The van der Waals surface area contributed by atoms with Crippen molar-refractivity contribution in [2.75, 3.05) is 12.4 Å². The standard InChI is InChI=1S/C10H19ClN2O3/c11-6-3-5-9(14)13-7-2-1-4-8(12)10(15)16/h8H,1-7,12H2,(H,13,14)(H,15,16)/t8-/m0/s1. The van der Waals surface area contributed by atoms with Gasteiger partial charge >= 0.3 is 5.97 Å². The zero-order chi connectivity index (χ0) is 12.4. The van der Waals surface area contributed by atoms with Crippen molar-refractivity contribution in [3.05, 3.63) is 0 Å². The number of hydrogen-bond acceptors (Lipinski definition) is 3. The van der Waals surface area contributed by atoms with Crippen molar-refractivity contribution in [2.24, 2.45) is 5.73 Å². The quantitative estimate of drug-likeness (QED) is 0.415.